The Morgan fingerprint density at radius 1 is 1.00 bits per heavy atom. The van der Waals surface area contributed by atoms with E-state index in [0.717, 1.165) is 18.3 Å². The van der Waals surface area contributed by atoms with Gasteiger partial charge in [-0.25, -0.2) is 0 Å². The second-order valence-electron chi connectivity index (χ2n) is 6.36. The van der Waals surface area contributed by atoms with Gasteiger partial charge in [-0.2, -0.15) is 0 Å². The van der Waals surface area contributed by atoms with Gasteiger partial charge in [-0.3, -0.25) is 4.90 Å². The predicted molar refractivity (Wildman–Crippen MR) is 82.4 cm³/mol. The van der Waals surface area contributed by atoms with Crippen LogP contribution in [-0.2, 0) is 0 Å². The van der Waals surface area contributed by atoms with Gasteiger partial charge in [-0.15, -0.1) is 0 Å². The van der Waals surface area contributed by atoms with Crippen molar-refractivity contribution in [2.45, 2.75) is 65.3 Å². The third-order valence-electron chi connectivity index (χ3n) is 3.82. The van der Waals surface area contributed by atoms with Crippen LogP contribution in [0.25, 0.3) is 0 Å². The van der Waals surface area contributed by atoms with Crippen LogP contribution in [0.5, 0.6) is 0 Å². The van der Waals surface area contributed by atoms with E-state index in [1.807, 2.05) is 0 Å². The third kappa shape index (κ3) is 4.94. The van der Waals surface area contributed by atoms with E-state index in [4.69, 9.17) is 0 Å². The van der Waals surface area contributed by atoms with Crippen molar-refractivity contribution in [3.63, 3.8) is 0 Å². The van der Waals surface area contributed by atoms with Crippen molar-refractivity contribution in [3.8, 4) is 0 Å². The molecule has 0 N–H and O–H groups in total. The molecular formula is C15H33AlN. The van der Waals surface area contributed by atoms with E-state index < -0.39 is 0 Å². The lowest BCUT2D eigenvalue weighted by molar-refractivity contribution is 0.0703. The molecule has 2 heteroatoms. The molecule has 1 saturated heterocycles. The molecule has 17 heavy (non-hydrogen) atoms. The van der Waals surface area contributed by atoms with Crippen LogP contribution in [0.2, 0.25) is 0 Å². The van der Waals surface area contributed by atoms with Crippen LogP contribution in [0.3, 0.4) is 0 Å². The lowest BCUT2D eigenvalue weighted by Crippen LogP contribution is -2.48. The molecule has 0 amide bonds. The molecule has 0 aliphatic carbocycles. The zero-order chi connectivity index (χ0) is 12.2. The van der Waals surface area contributed by atoms with Crippen molar-refractivity contribution in [3.05, 3.63) is 6.92 Å². The van der Waals surface area contributed by atoms with Gasteiger partial charge in [0, 0.05) is 5.54 Å². The second kappa shape index (κ2) is 7.82. The summed E-state index contributed by atoms with van der Waals surface area (Å²) in [4.78, 5) is 2.74. The molecule has 0 atom stereocenters. The first-order valence-corrected chi connectivity index (χ1v) is 7.04. The van der Waals surface area contributed by atoms with Gasteiger partial charge in [0.15, 0.2) is 17.4 Å². The van der Waals surface area contributed by atoms with Crippen molar-refractivity contribution in [2.24, 2.45) is 11.8 Å². The Balaban J connectivity index is 0.00000256. The quantitative estimate of drug-likeness (QED) is 0.659. The molecule has 0 bridgehead atoms. The summed E-state index contributed by atoms with van der Waals surface area (Å²) in [5, 5.41) is 0. The monoisotopic (exact) mass is 254 g/mol. The number of hydrogen-bond donors (Lipinski definition) is 0. The molecular weight excluding hydrogens is 221 g/mol. The Morgan fingerprint density at radius 2 is 1.41 bits per heavy atom. The van der Waals surface area contributed by atoms with Crippen molar-refractivity contribution in [1.29, 1.82) is 0 Å². The van der Waals surface area contributed by atoms with Crippen LogP contribution in [0.4, 0.5) is 0 Å². The van der Waals surface area contributed by atoms with Crippen molar-refractivity contribution < 1.29 is 0 Å². The Morgan fingerprint density at radius 3 is 1.71 bits per heavy atom. The summed E-state index contributed by atoms with van der Waals surface area (Å²) in [6.07, 6.45) is 6.47. The standard InChI is InChI=1S/C15H30N.Al.3H/c1-6-15(11-13(2)3,12-14(4)5)16-9-7-8-10-16;;;;/h13-14H,1,6-12H2,2-5H3;;;;. The van der Waals surface area contributed by atoms with Crippen molar-refractivity contribution in [2.75, 3.05) is 13.1 Å². The molecule has 1 nitrogen and oxygen atoms in total. The largest absolute Gasteiger partial charge is 0.298 e. The summed E-state index contributed by atoms with van der Waals surface area (Å²) in [5.74, 6) is 1.56. The predicted octanol–water partition coefficient (Wildman–Crippen LogP) is 2.95. The highest BCUT2D eigenvalue weighted by Gasteiger charge is 2.37. The first-order valence-electron chi connectivity index (χ1n) is 7.04. The van der Waals surface area contributed by atoms with Gasteiger partial charge in [-0.05, 0) is 57.0 Å². The smallest absolute Gasteiger partial charge is 0.187 e. The lowest BCUT2D eigenvalue weighted by Gasteiger charge is -2.44. The summed E-state index contributed by atoms with van der Waals surface area (Å²) in [6.45, 7) is 16.3. The van der Waals surface area contributed by atoms with Crippen molar-refractivity contribution in [1.82, 2.24) is 4.90 Å². The van der Waals surface area contributed by atoms with Crippen molar-refractivity contribution >= 4 is 17.4 Å². The Bertz CT molecular complexity index is 185. The van der Waals surface area contributed by atoms with Gasteiger partial charge >= 0.3 is 0 Å². The zero-order valence-corrected chi connectivity index (χ0v) is 11.8. The average molecular weight is 254 g/mol. The van der Waals surface area contributed by atoms with E-state index in [9.17, 15) is 0 Å². The highest BCUT2D eigenvalue weighted by molar-refractivity contribution is 5.75. The zero-order valence-electron chi connectivity index (χ0n) is 11.8. The molecule has 1 radical (unpaired) electrons. The van der Waals surface area contributed by atoms with E-state index in [0.29, 0.717) is 5.54 Å². The minimum absolute atomic E-state index is 0. The number of nitrogens with zero attached hydrogens (tertiary/aromatic N) is 1. The van der Waals surface area contributed by atoms with Gasteiger partial charge in [0.25, 0.3) is 0 Å². The fraction of sp³-hybridized carbons (Fsp3) is 0.933. The summed E-state index contributed by atoms with van der Waals surface area (Å²) >= 11 is 0. The fourth-order valence-electron chi connectivity index (χ4n) is 3.42. The van der Waals surface area contributed by atoms with E-state index in [2.05, 4.69) is 39.5 Å². The molecule has 0 saturated carbocycles. The Labute approximate surface area is 119 Å². The molecule has 1 heterocycles. The van der Waals surface area contributed by atoms with Crippen LogP contribution in [0.15, 0.2) is 0 Å². The summed E-state index contributed by atoms with van der Waals surface area (Å²) in [6, 6.07) is 0. The summed E-state index contributed by atoms with van der Waals surface area (Å²) < 4.78 is 0. The molecule has 0 aromatic rings. The van der Waals surface area contributed by atoms with E-state index >= 15 is 0 Å². The molecule has 0 spiro atoms. The number of hydrogen-bond acceptors (Lipinski definition) is 1. The summed E-state index contributed by atoms with van der Waals surface area (Å²) in [5.41, 5.74) is 0.388. The normalized spacial score (nSPS) is 17.8. The maximum absolute atomic E-state index is 4.27. The van der Waals surface area contributed by atoms with Crippen LogP contribution in [0, 0.1) is 18.8 Å². The molecule has 0 aromatic carbocycles. The topological polar surface area (TPSA) is 3.24 Å². The molecule has 101 valence electrons. The van der Waals surface area contributed by atoms with Crippen LogP contribution in [0.1, 0.15) is 59.8 Å². The highest BCUT2D eigenvalue weighted by Crippen LogP contribution is 2.36. The first kappa shape index (κ1) is 17.5. The van der Waals surface area contributed by atoms with Crippen LogP contribution >= 0.6 is 0 Å². The molecule has 1 rings (SSSR count). The second-order valence-corrected chi connectivity index (χ2v) is 6.36. The van der Waals surface area contributed by atoms with Gasteiger partial charge in [-0.1, -0.05) is 34.6 Å². The SMILES string of the molecule is [AlH3].[CH2]CC(CC(C)C)(CC(C)C)N1CCCC1. The average Bonchev–Trinajstić information content (AvgIpc) is 2.68. The molecule has 1 aliphatic heterocycles. The minimum Gasteiger partial charge on any atom is -0.298 e. The maximum atomic E-state index is 4.27. The van der Waals surface area contributed by atoms with Gasteiger partial charge < -0.3 is 0 Å². The minimum atomic E-state index is 0. The van der Waals surface area contributed by atoms with Gasteiger partial charge in [0.1, 0.15) is 0 Å². The van der Waals surface area contributed by atoms with E-state index in [-0.39, 0.29) is 17.4 Å². The molecule has 1 aliphatic rings. The lowest BCUT2D eigenvalue weighted by atomic mass is 9.78. The third-order valence-corrected chi connectivity index (χ3v) is 3.82. The van der Waals surface area contributed by atoms with Crippen LogP contribution in [-0.4, -0.2) is 40.9 Å². The van der Waals surface area contributed by atoms with Gasteiger partial charge in [0.2, 0.25) is 0 Å². The number of likely N-dealkylation sites (tertiary alicyclic amines) is 1. The maximum Gasteiger partial charge on any atom is 0.187 e. The highest BCUT2D eigenvalue weighted by atomic mass is 27.0. The van der Waals surface area contributed by atoms with E-state index in [1.165, 1.54) is 38.8 Å². The Kier molecular flexibility index (Phi) is 8.05. The molecule has 0 unspecified atom stereocenters. The van der Waals surface area contributed by atoms with Crippen LogP contribution < -0.4 is 0 Å². The molecule has 1 fully saturated rings. The summed E-state index contributed by atoms with van der Waals surface area (Å²) in [7, 11) is 0. The molecule has 0 aromatic heterocycles. The first-order chi connectivity index (χ1) is 7.50. The fourth-order valence-corrected chi connectivity index (χ4v) is 3.42. The Hall–Kier alpha value is 0.492. The van der Waals surface area contributed by atoms with E-state index in [1.54, 1.807) is 0 Å². The number of rotatable bonds is 6. The van der Waals surface area contributed by atoms with Gasteiger partial charge in [0.05, 0.1) is 0 Å².